The van der Waals surface area contributed by atoms with Crippen LogP contribution in [0, 0.1) is 0 Å². The van der Waals surface area contributed by atoms with Gasteiger partial charge in [0.25, 0.3) is 0 Å². The van der Waals surface area contributed by atoms with E-state index in [4.69, 9.17) is 4.74 Å². The van der Waals surface area contributed by atoms with Crippen LogP contribution in [0.4, 0.5) is 16.3 Å². The number of nitrogens with zero attached hydrogens (tertiary/aromatic N) is 3. The average Bonchev–Trinajstić information content (AvgIpc) is 3.13. The number of aromatic nitrogens is 1. The summed E-state index contributed by atoms with van der Waals surface area (Å²) in [5, 5.41) is 3.04. The van der Waals surface area contributed by atoms with E-state index in [0.717, 1.165) is 22.9 Å². The summed E-state index contributed by atoms with van der Waals surface area (Å²) in [5.74, 6) is 0.945. The van der Waals surface area contributed by atoms with Crippen LogP contribution in [0.5, 0.6) is 0 Å². The number of fused-ring (bicyclic) bond motifs is 1. The molecule has 0 radical (unpaired) electrons. The van der Waals surface area contributed by atoms with Crippen LogP contribution < -0.4 is 10.2 Å². The number of hydrogen-bond donors (Lipinski definition) is 1. The molecule has 0 saturated carbocycles. The van der Waals surface area contributed by atoms with Crippen molar-refractivity contribution in [2.45, 2.75) is 17.0 Å². The Morgan fingerprint density at radius 2 is 2.08 bits per heavy atom. The molecule has 2 atom stereocenters. The van der Waals surface area contributed by atoms with Gasteiger partial charge in [0, 0.05) is 24.2 Å². The standard InChI is InChI=1S/C19H22N4O2S/c1-26-17-7-3-2-6-14(17)21-19(24)22-12-15-16(13-22)25-11-10-23(15)18-8-4-5-9-20-18/h2-9,15-16H,10-13H2,1H3,(H,21,24)/t15-,16-/m0/s1. The molecule has 0 unspecified atom stereocenters. The summed E-state index contributed by atoms with van der Waals surface area (Å²) in [6.45, 7) is 2.68. The molecule has 0 spiro atoms. The fraction of sp³-hybridized carbons (Fsp3) is 0.368. The van der Waals surface area contributed by atoms with Crippen LogP contribution in [0.2, 0.25) is 0 Å². The number of likely N-dealkylation sites (tertiary alicyclic amines) is 1. The molecule has 3 heterocycles. The minimum atomic E-state index is -0.0783. The summed E-state index contributed by atoms with van der Waals surface area (Å²) in [6.07, 6.45) is 3.83. The molecule has 0 aliphatic carbocycles. The first-order valence-corrected chi connectivity index (χ1v) is 9.97. The number of nitrogens with one attached hydrogen (secondary N) is 1. The molecular weight excluding hydrogens is 348 g/mol. The average molecular weight is 370 g/mol. The molecule has 2 fully saturated rings. The van der Waals surface area contributed by atoms with Gasteiger partial charge < -0.3 is 19.9 Å². The Hall–Kier alpha value is -2.25. The summed E-state index contributed by atoms with van der Waals surface area (Å²) in [5.41, 5.74) is 0.849. The van der Waals surface area contributed by atoms with Crippen molar-refractivity contribution in [3.63, 3.8) is 0 Å². The number of ether oxygens (including phenoxy) is 1. The van der Waals surface area contributed by atoms with Crippen LogP contribution in [-0.4, -0.2) is 60.6 Å². The van der Waals surface area contributed by atoms with Crippen LogP contribution in [-0.2, 0) is 4.74 Å². The first-order chi connectivity index (χ1) is 12.8. The van der Waals surface area contributed by atoms with E-state index >= 15 is 0 Å². The number of anilines is 2. The molecule has 26 heavy (non-hydrogen) atoms. The van der Waals surface area contributed by atoms with E-state index in [-0.39, 0.29) is 18.2 Å². The highest BCUT2D eigenvalue weighted by atomic mass is 32.2. The number of hydrogen-bond acceptors (Lipinski definition) is 5. The number of benzene rings is 1. The lowest BCUT2D eigenvalue weighted by Gasteiger charge is -2.37. The SMILES string of the molecule is CSc1ccccc1NC(=O)N1C[C@@H]2OCCN(c3ccccn3)[C@H]2C1. The lowest BCUT2D eigenvalue weighted by Crippen LogP contribution is -2.51. The molecule has 1 N–H and O–H groups in total. The molecule has 6 nitrogen and oxygen atoms in total. The number of carbonyl (C=O) groups excluding carboxylic acids is 1. The fourth-order valence-corrected chi connectivity index (χ4v) is 4.16. The number of urea groups is 1. The largest absolute Gasteiger partial charge is 0.372 e. The number of carbonyl (C=O) groups is 1. The van der Waals surface area contributed by atoms with Crippen molar-refractivity contribution in [1.29, 1.82) is 0 Å². The number of para-hydroxylation sites is 1. The van der Waals surface area contributed by atoms with Crippen molar-refractivity contribution < 1.29 is 9.53 Å². The Balaban J connectivity index is 1.47. The van der Waals surface area contributed by atoms with Crippen molar-refractivity contribution >= 4 is 29.3 Å². The zero-order chi connectivity index (χ0) is 17.9. The predicted molar refractivity (Wildman–Crippen MR) is 104 cm³/mol. The van der Waals surface area contributed by atoms with Gasteiger partial charge >= 0.3 is 6.03 Å². The van der Waals surface area contributed by atoms with Crippen molar-refractivity contribution in [2.24, 2.45) is 0 Å². The van der Waals surface area contributed by atoms with Crippen LogP contribution in [0.3, 0.4) is 0 Å². The molecule has 1 aromatic carbocycles. The first kappa shape index (κ1) is 17.2. The lowest BCUT2D eigenvalue weighted by atomic mass is 10.1. The topological polar surface area (TPSA) is 57.7 Å². The third kappa shape index (κ3) is 3.37. The van der Waals surface area contributed by atoms with Gasteiger partial charge in [0.05, 0.1) is 31.0 Å². The molecule has 2 saturated heterocycles. The van der Waals surface area contributed by atoms with E-state index < -0.39 is 0 Å². The molecule has 2 aromatic rings. The maximum absolute atomic E-state index is 12.8. The van der Waals surface area contributed by atoms with Gasteiger partial charge in [-0.2, -0.15) is 0 Å². The number of amides is 2. The molecule has 7 heteroatoms. The minimum Gasteiger partial charge on any atom is -0.372 e. The Kier molecular flexibility index (Phi) is 4.99. The van der Waals surface area contributed by atoms with Gasteiger partial charge in [-0.3, -0.25) is 0 Å². The summed E-state index contributed by atoms with van der Waals surface area (Å²) in [7, 11) is 0. The van der Waals surface area contributed by atoms with E-state index in [1.807, 2.05) is 53.6 Å². The summed E-state index contributed by atoms with van der Waals surface area (Å²) in [6, 6.07) is 13.8. The third-order valence-corrected chi connectivity index (χ3v) is 5.68. The van der Waals surface area contributed by atoms with Gasteiger partial charge in [0.15, 0.2) is 0 Å². The molecule has 4 rings (SSSR count). The van der Waals surface area contributed by atoms with Crippen LogP contribution in [0.1, 0.15) is 0 Å². The molecule has 136 valence electrons. The van der Waals surface area contributed by atoms with E-state index in [1.54, 1.807) is 18.0 Å². The molecular formula is C19H22N4O2S. The van der Waals surface area contributed by atoms with Crippen molar-refractivity contribution in [2.75, 3.05) is 42.7 Å². The Labute approximate surface area is 157 Å². The molecule has 2 aliphatic rings. The molecule has 2 aliphatic heterocycles. The van der Waals surface area contributed by atoms with Gasteiger partial charge in [-0.15, -0.1) is 11.8 Å². The van der Waals surface area contributed by atoms with Crippen LogP contribution >= 0.6 is 11.8 Å². The summed E-state index contributed by atoms with van der Waals surface area (Å²) < 4.78 is 5.93. The van der Waals surface area contributed by atoms with Crippen LogP contribution in [0.25, 0.3) is 0 Å². The maximum atomic E-state index is 12.8. The van der Waals surface area contributed by atoms with Crippen molar-refractivity contribution in [1.82, 2.24) is 9.88 Å². The summed E-state index contributed by atoms with van der Waals surface area (Å²) in [4.78, 5) is 22.4. The molecule has 1 aromatic heterocycles. The van der Waals surface area contributed by atoms with Gasteiger partial charge in [0.2, 0.25) is 0 Å². The van der Waals surface area contributed by atoms with Gasteiger partial charge in [-0.1, -0.05) is 18.2 Å². The number of pyridine rings is 1. The summed E-state index contributed by atoms with van der Waals surface area (Å²) >= 11 is 1.62. The smallest absolute Gasteiger partial charge is 0.322 e. The Bertz CT molecular complexity index is 773. The molecule has 0 bridgehead atoms. The van der Waals surface area contributed by atoms with Gasteiger partial charge in [-0.05, 0) is 30.5 Å². The van der Waals surface area contributed by atoms with Gasteiger partial charge in [0.1, 0.15) is 5.82 Å². The number of morpholine rings is 1. The molecule has 2 amide bonds. The highest BCUT2D eigenvalue weighted by Gasteiger charge is 2.42. The highest BCUT2D eigenvalue weighted by Crippen LogP contribution is 2.28. The van der Waals surface area contributed by atoms with E-state index in [1.165, 1.54) is 0 Å². The Morgan fingerprint density at radius 1 is 1.23 bits per heavy atom. The van der Waals surface area contributed by atoms with E-state index in [0.29, 0.717) is 19.7 Å². The Morgan fingerprint density at radius 3 is 2.88 bits per heavy atom. The quantitative estimate of drug-likeness (QED) is 0.842. The predicted octanol–water partition coefficient (Wildman–Crippen LogP) is 2.93. The second kappa shape index (κ2) is 7.55. The highest BCUT2D eigenvalue weighted by molar-refractivity contribution is 7.98. The third-order valence-electron chi connectivity index (χ3n) is 4.88. The van der Waals surface area contributed by atoms with Gasteiger partial charge in [-0.25, -0.2) is 9.78 Å². The first-order valence-electron chi connectivity index (χ1n) is 8.74. The van der Waals surface area contributed by atoms with E-state index in [2.05, 4.69) is 15.2 Å². The second-order valence-corrected chi connectivity index (χ2v) is 7.24. The minimum absolute atomic E-state index is 0.0206. The maximum Gasteiger partial charge on any atom is 0.322 e. The normalized spacial score (nSPS) is 22.2. The second-order valence-electron chi connectivity index (χ2n) is 6.39. The lowest BCUT2D eigenvalue weighted by molar-refractivity contribution is 0.0319. The number of rotatable bonds is 3. The fourth-order valence-electron chi connectivity index (χ4n) is 3.60. The number of thioether (sulfide) groups is 1. The van der Waals surface area contributed by atoms with Crippen molar-refractivity contribution in [3.8, 4) is 0 Å². The zero-order valence-corrected chi connectivity index (χ0v) is 15.5. The zero-order valence-electron chi connectivity index (χ0n) is 14.7. The van der Waals surface area contributed by atoms with Crippen LogP contribution in [0.15, 0.2) is 53.6 Å². The monoisotopic (exact) mass is 370 g/mol. The van der Waals surface area contributed by atoms with E-state index in [9.17, 15) is 4.79 Å². The van der Waals surface area contributed by atoms with Crippen molar-refractivity contribution in [3.05, 3.63) is 48.7 Å².